The van der Waals surface area contributed by atoms with Gasteiger partial charge in [-0.05, 0) is 13.8 Å². The van der Waals surface area contributed by atoms with Gasteiger partial charge in [0.2, 0.25) is 0 Å². The standard InChI is InChI=1S/C13H17N2O8P/c1-6(2)22-24(19)20-5-13-8(17)11(21-9(13)10(13)23-24)15-4-3-7(16)14-12(15)18/h3-4,6,8-11,17H,5H2,1-2H3,(H,14,16,18)/t8-,9+,10?,11+,13+,24+/m0/s1. The molecule has 0 bridgehead atoms. The third-order valence-electron chi connectivity index (χ3n) is 4.51. The van der Waals surface area contributed by atoms with Crippen molar-refractivity contribution in [1.29, 1.82) is 0 Å². The molecule has 1 saturated carbocycles. The minimum atomic E-state index is -3.68. The number of ether oxygens (including phenoxy) is 1. The van der Waals surface area contributed by atoms with Crippen molar-refractivity contribution in [2.75, 3.05) is 6.61 Å². The van der Waals surface area contributed by atoms with E-state index in [2.05, 4.69) is 4.98 Å². The number of phosphoric ester groups is 1. The summed E-state index contributed by atoms with van der Waals surface area (Å²) in [5.41, 5.74) is -2.12. The van der Waals surface area contributed by atoms with Crippen molar-refractivity contribution in [3.05, 3.63) is 33.1 Å². The van der Waals surface area contributed by atoms with Gasteiger partial charge >= 0.3 is 13.5 Å². The van der Waals surface area contributed by atoms with Gasteiger partial charge in [-0.2, -0.15) is 0 Å². The number of hydrogen-bond acceptors (Lipinski definition) is 8. The summed E-state index contributed by atoms with van der Waals surface area (Å²) in [6.07, 6.45) is -2.39. The fourth-order valence-electron chi connectivity index (χ4n) is 3.34. The molecule has 2 saturated heterocycles. The molecule has 3 fully saturated rings. The van der Waals surface area contributed by atoms with Crippen molar-refractivity contribution in [2.45, 2.75) is 44.5 Å². The number of nitrogens with zero attached hydrogens (tertiary/aromatic N) is 1. The van der Waals surface area contributed by atoms with Gasteiger partial charge in [0, 0.05) is 12.3 Å². The van der Waals surface area contributed by atoms with E-state index in [9.17, 15) is 19.3 Å². The predicted octanol–water partition coefficient (Wildman–Crippen LogP) is -0.257. The van der Waals surface area contributed by atoms with Crippen LogP contribution in [0.2, 0.25) is 0 Å². The molecule has 0 aromatic carbocycles. The van der Waals surface area contributed by atoms with Gasteiger partial charge in [-0.1, -0.05) is 0 Å². The van der Waals surface area contributed by atoms with Gasteiger partial charge in [0.05, 0.1) is 18.1 Å². The van der Waals surface area contributed by atoms with E-state index in [1.807, 2.05) is 0 Å². The number of hydrogen-bond donors (Lipinski definition) is 2. The summed E-state index contributed by atoms with van der Waals surface area (Å²) in [6, 6.07) is 1.16. The number of aromatic nitrogens is 2. The van der Waals surface area contributed by atoms with Crippen molar-refractivity contribution in [3.63, 3.8) is 0 Å². The molecule has 1 aliphatic carbocycles. The molecular formula is C13H17N2O8P. The minimum absolute atomic E-state index is 0.0674. The summed E-state index contributed by atoms with van der Waals surface area (Å²) >= 11 is 0. The monoisotopic (exact) mass is 360 g/mol. The van der Waals surface area contributed by atoms with Crippen LogP contribution in [0.4, 0.5) is 0 Å². The first-order valence-corrected chi connectivity index (χ1v) is 8.99. The second-order valence-electron chi connectivity index (χ2n) is 6.42. The minimum Gasteiger partial charge on any atom is -0.388 e. The first-order valence-electron chi connectivity index (χ1n) is 7.53. The second-order valence-corrected chi connectivity index (χ2v) is 8.00. The molecule has 1 unspecified atom stereocenters. The highest BCUT2D eigenvalue weighted by Crippen LogP contribution is 2.72. The normalized spacial score (nSPS) is 43.5. The van der Waals surface area contributed by atoms with Crippen LogP contribution in [0.1, 0.15) is 20.1 Å². The van der Waals surface area contributed by atoms with Crippen LogP contribution in [0.5, 0.6) is 0 Å². The summed E-state index contributed by atoms with van der Waals surface area (Å²) in [7, 11) is -3.68. The lowest BCUT2D eigenvalue weighted by atomic mass is 9.99. The van der Waals surface area contributed by atoms with Crippen molar-refractivity contribution in [3.8, 4) is 0 Å². The lowest BCUT2D eigenvalue weighted by Crippen LogP contribution is -2.42. The van der Waals surface area contributed by atoms with Crippen LogP contribution >= 0.6 is 7.82 Å². The summed E-state index contributed by atoms with van der Waals surface area (Å²) < 4.78 is 35.0. The van der Waals surface area contributed by atoms with E-state index >= 15 is 0 Å². The lowest BCUT2D eigenvalue weighted by Gasteiger charge is -2.32. The van der Waals surface area contributed by atoms with Gasteiger partial charge in [0.15, 0.2) is 6.23 Å². The van der Waals surface area contributed by atoms with Crippen LogP contribution in [0, 0.1) is 5.41 Å². The van der Waals surface area contributed by atoms with E-state index in [1.54, 1.807) is 13.8 Å². The Hall–Kier alpha value is -1.29. The number of H-pyrrole nitrogens is 1. The first kappa shape index (κ1) is 16.2. The molecule has 3 heterocycles. The Morgan fingerprint density at radius 1 is 1.46 bits per heavy atom. The Balaban J connectivity index is 1.56. The Bertz CT molecular complexity index is 834. The topological polar surface area (TPSA) is 129 Å². The van der Waals surface area contributed by atoms with Gasteiger partial charge in [0.1, 0.15) is 18.3 Å². The van der Waals surface area contributed by atoms with E-state index in [-0.39, 0.29) is 12.7 Å². The predicted molar refractivity (Wildman–Crippen MR) is 78.3 cm³/mol. The Kier molecular flexibility index (Phi) is 3.44. The highest BCUT2D eigenvalue weighted by molar-refractivity contribution is 7.48. The van der Waals surface area contributed by atoms with Crippen LogP contribution < -0.4 is 11.2 Å². The number of nitrogens with one attached hydrogen (secondary N) is 1. The molecule has 1 aromatic heterocycles. The Morgan fingerprint density at radius 3 is 2.88 bits per heavy atom. The molecule has 0 amide bonds. The van der Waals surface area contributed by atoms with Crippen LogP contribution in [0.3, 0.4) is 0 Å². The third-order valence-corrected chi connectivity index (χ3v) is 6.12. The van der Waals surface area contributed by atoms with E-state index in [0.29, 0.717) is 0 Å². The molecule has 24 heavy (non-hydrogen) atoms. The van der Waals surface area contributed by atoms with Gasteiger partial charge < -0.3 is 9.84 Å². The molecular weight excluding hydrogens is 343 g/mol. The zero-order valence-electron chi connectivity index (χ0n) is 12.9. The highest BCUT2D eigenvalue weighted by Gasteiger charge is 2.81. The van der Waals surface area contributed by atoms with Crippen molar-refractivity contribution < 1.29 is 28.0 Å². The number of fused-ring (bicyclic) bond motifs is 1. The molecule has 6 atom stereocenters. The summed E-state index contributed by atoms with van der Waals surface area (Å²) in [5, 5.41) is 10.6. The average Bonchev–Trinajstić information content (AvgIpc) is 2.99. The zero-order chi connectivity index (χ0) is 17.3. The van der Waals surface area contributed by atoms with Crippen LogP contribution in [0.25, 0.3) is 0 Å². The molecule has 1 spiro atoms. The maximum atomic E-state index is 12.4. The van der Waals surface area contributed by atoms with E-state index in [1.165, 1.54) is 6.20 Å². The molecule has 11 heteroatoms. The van der Waals surface area contributed by atoms with Crippen molar-refractivity contribution in [2.24, 2.45) is 5.41 Å². The summed E-state index contributed by atoms with van der Waals surface area (Å²) in [6.45, 7) is 3.34. The summed E-state index contributed by atoms with van der Waals surface area (Å²) in [5.74, 6) is 0. The van der Waals surface area contributed by atoms with Crippen LogP contribution in [-0.4, -0.2) is 45.7 Å². The third kappa shape index (κ3) is 2.18. The summed E-state index contributed by atoms with van der Waals surface area (Å²) in [4.78, 5) is 25.1. The number of aliphatic hydroxyl groups excluding tert-OH is 1. The second kappa shape index (κ2) is 5.10. The molecule has 132 valence electrons. The van der Waals surface area contributed by atoms with E-state index in [0.717, 1.165) is 10.6 Å². The maximum absolute atomic E-state index is 12.4. The Labute approximate surface area is 135 Å². The average molecular weight is 360 g/mol. The van der Waals surface area contributed by atoms with Crippen molar-refractivity contribution in [1.82, 2.24) is 9.55 Å². The smallest absolute Gasteiger partial charge is 0.388 e. The molecule has 10 nitrogen and oxygen atoms in total. The van der Waals surface area contributed by atoms with Gasteiger partial charge in [-0.25, -0.2) is 9.36 Å². The van der Waals surface area contributed by atoms with Crippen molar-refractivity contribution >= 4 is 7.82 Å². The fourth-order valence-corrected chi connectivity index (χ4v) is 4.99. The van der Waals surface area contributed by atoms with Gasteiger partial charge in [-0.15, -0.1) is 0 Å². The number of aromatic amines is 1. The number of rotatable bonds is 3. The first-order chi connectivity index (χ1) is 11.3. The van der Waals surface area contributed by atoms with Gasteiger partial charge in [-0.3, -0.25) is 27.9 Å². The van der Waals surface area contributed by atoms with E-state index in [4.69, 9.17) is 18.3 Å². The quantitative estimate of drug-likeness (QED) is 0.706. The van der Waals surface area contributed by atoms with Crippen LogP contribution in [0.15, 0.2) is 21.9 Å². The largest absolute Gasteiger partial charge is 0.475 e. The maximum Gasteiger partial charge on any atom is 0.475 e. The van der Waals surface area contributed by atoms with E-state index < -0.39 is 49.0 Å². The lowest BCUT2D eigenvalue weighted by molar-refractivity contribution is -0.0983. The SMILES string of the molecule is CC(C)O[P@@]1(=O)OC[C@]23C(O1)[C@H]2O[C@@H](n1ccc(=O)[nH]c1=O)[C@@H]3O. The molecule has 4 rings (SSSR count). The molecule has 1 aromatic rings. The van der Waals surface area contributed by atoms with Crippen LogP contribution in [-0.2, 0) is 22.9 Å². The molecule has 0 radical (unpaired) electrons. The fraction of sp³-hybridized carbons (Fsp3) is 0.692. The number of aliphatic hydroxyl groups is 1. The number of phosphoric acid groups is 1. The molecule has 2 aliphatic heterocycles. The zero-order valence-corrected chi connectivity index (χ0v) is 13.8. The molecule has 3 aliphatic rings. The molecule has 2 N–H and O–H groups in total. The Morgan fingerprint density at radius 2 is 2.21 bits per heavy atom. The highest BCUT2D eigenvalue weighted by atomic mass is 31.2. The van der Waals surface area contributed by atoms with Gasteiger partial charge in [0.25, 0.3) is 5.56 Å².